The summed E-state index contributed by atoms with van der Waals surface area (Å²) in [6.45, 7) is 8.26. The fourth-order valence-corrected chi connectivity index (χ4v) is 2.75. The number of carbonyl (C=O) groups excluding carboxylic acids is 1. The van der Waals surface area contributed by atoms with Crippen LogP contribution in [0.5, 0.6) is 0 Å². The first-order valence-electron chi connectivity index (χ1n) is 7.71. The lowest BCUT2D eigenvalue weighted by atomic mass is 9.87. The smallest absolute Gasteiger partial charge is 0.249 e. The number of hydrogen-bond acceptors (Lipinski definition) is 2. The van der Waals surface area contributed by atoms with Crippen LogP contribution in [-0.4, -0.2) is 5.91 Å². The molecule has 0 aliphatic carbocycles. The summed E-state index contributed by atoms with van der Waals surface area (Å²) in [6.07, 6.45) is 2.09. The van der Waals surface area contributed by atoms with Crippen LogP contribution in [0.25, 0.3) is 16.8 Å². The third-order valence-corrected chi connectivity index (χ3v) is 4.43. The molecule has 0 spiro atoms. The van der Waals surface area contributed by atoms with Gasteiger partial charge in [0.15, 0.2) is 0 Å². The Morgan fingerprint density at radius 1 is 1.09 bits per heavy atom. The van der Waals surface area contributed by atoms with Crippen LogP contribution >= 0.6 is 0 Å². The number of amides is 1. The fraction of sp³-hybridized carbons (Fsp3) is 0.316. The van der Waals surface area contributed by atoms with Crippen LogP contribution in [0.3, 0.4) is 0 Å². The molecule has 1 aliphatic rings. The summed E-state index contributed by atoms with van der Waals surface area (Å²) in [5.74, 6) is 0.467. The molecule has 114 valence electrons. The lowest BCUT2D eigenvalue weighted by Gasteiger charge is -2.16. The zero-order valence-electron chi connectivity index (χ0n) is 13.5. The zero-order valence-corrected chi connectivity index (χ0v) is 13.5. The highest BCUT2D eigenvalue weighted by atomic mass is 16.2. The molecule has 0 unspecified atom stereocenters. The van der Waals surface area contributed by atoms with Gasteiger partial charge in [-0.25, -0.2) is 0 Å². The highest BCUT2D eigenvalue weighted by molar-refractivity contribution is 5.94. The van der Waals surface area contributed by atoms with Gasteiger partial charge in [-0.3, -0.25) is 10.2 Å². The second kappa shape index (κ2) is 5.16. The van der Waals surface area contributed by atoms with Crippen LogP contribution in [-0.2, 0) is 4.79 Å². The van der Waals surface area contributed by atoms with Crippen LogP contribution in [0.1, 0.15) is 44.7 Å². The summed E-state index contributed by atoms with van der Waals surface area (Å²) < 4.78 is 0. The summed E-state index contributed by atoms with van der Waals surface area (Å²) in [6, 6.07) is 12.9. The molecule has 1 amide bonds. The van der Waals surface area contributed by atoms with Crippen molar-refractivity contribution in [2.75, 3.05) is 0 Å². The van der Waals surface area contributed by atoms with E-state index in [-0.39, 0.29) is 5.91 Å². The molecular formula is C19H22N2O. The second-order valence-corrected chi connectivity index (χ2v) is 6.75. The summed E-state index contributed by atoms with van der Waals surface area (Å²) >= 11 is 0. The van der Waals surface area contributed by atoms with E-state index in [0.717, 1.165) is 11.3 Å². The van der Waals surface area contributed by atoms with Crippen molar-refractivity contribution < 1.29 is 4.79 Å². The largest absolute Gasteiger partial charge is 0.302 e. The molecule has 1 fully saturated rings. The van der Waals surface area contributed by atoms with Crippen molar-refractivity contribution in [2.24, 2.45) is 5.41 Å². The van der Waals surface area contributed by atoms with Crippen molar-refractivity contribution in [3.05, 3.63) is 53.2 Å². The number of hydrogen-bond donors (Lipinski definition) is 2. The summed E-state index contributed by atoms with van der Waals surface area (Å²) in [5.41, 5.74) is 8.55. The first-order valence-corrected chi connectivity index (χ1v) is 7.71. The maximum absolute atomic E-state index is 11.9. The van der Waals surface area contributed by atoms with E-state index in [1.807, 2.05) is 13.8 Å². The average molecular weight is 294 g/mol. The topological polar surface area (TPSA) is 41.1 Å². The standard InChI is InChI=1S/C19H22N2O/c1-12(2)14-9-13-7-5-6-8-16(13)15(10-14)11-17-19(3,4)18(22)21-20-17/h5-12,20H,1-4H3,(H,21,22)/b17-11-. The minimum Gasteiger partial charge on any atom is -0.302 e. The Morgan fingerprint density at radius 3 is 2.45 bits per heavy atom. The molecule has 1 saturated heterocycles. The van der Waals surface area contributed by atoms with Gasteiger partial charge in [0.1, 0.15) is 0 Å². The van der Waals surface area contributed by atoms with Crippen LogP contribution in [0.2, 0.25) is 0 Å². The first kappa shape index (κ1) is 14.6. The molecular weight excluding hydrogens is 272 g/mol. The fourth-order valence-electron chi connectivity index (χ4n) is 2.75. The van der Waals surface area contributed by atoms with E-state index in [0.29, 0.717) is 5.92 Å². The quantitative estimate of drug-likeness (QED) is 0.880. The van der Waals surface area contributed by atoms with Gasteiger partial charge in [-0.15, -0.1) is 0 Å². The van der Waals surface area contributed by atoms with Gasteiger partial charge in [0, 0.05) is 5.70 Å². The molecule has 0 atom stereocenters. The lowest BCUT2D eigenvalue weighted by molar-refractivity contribution is -0.125. The van der Waals surface area contributed by atoms with Crippen LogP contribution < -0.4 is 10.9 Å². The van der Waals surface area contributed by atoms with Gasteiger partial charge in [-0.1, -0.05) is 50.2 Å². The molecule has 2 aromatic carbocycles. The Morgan fingerprint density at radius 2 is 1.82 bits per heavy atom. The molecule has 3 rings (SSSR count). The van der Waals surface area contributed by atoms with E-state index in [1.54, 1.807) is 0 Å². The molecule has 0 bridgehead atoms. The van der Waals surface area contributed by atoms with Crippen molar-refractivity contribution in [3.8, 4) is 0 Å². The Kier molecular flexibility index (Phi) is 3.44. The summed E-state index contributed by atoms with van der Waals surface area (Å²) in [5, 5.41) is 2.44. The molecule has 0 saturated carbocycles. The van der Waals surface area contributed by atoms with Gasteiger partial charge < -0.3 is 5.43 Å². The molecule has 2 N–H and O–H groups in total. The minimum atomic E-state index is -0.533. The van der Waals surface area contributed by atoms with Crippen LogP contribution in [0.15, 0.2) is 42.1 Å². The Bertz CT molecular complexity index is 772. The number of fused-ring (bicyclic) bond motifs is 1. The lowest BCUT2D eigenvalue weighted by Crippen LogP contribution is -2.28. The SMILES string of the molecule is CC(C)c1cc(/C=C2\NNC(=O)C2(C)C)c2ccccc2c1. The van der Waals surface area contributed by atoms with E-state index in [4.69, 9.17) is 0 Å². The predicted molar refractivity (Wildman–Crippen MR) is 91.1 cm³/mol. The van der Waals surface area contributed by atoms with Gasteiger partial charge in [0.05, 0.1) is 5.41 Å². The van der Waals surface area contributed by atoms with Gasteiger partial charge in [0.2, 0.25) is 5.91 Å². The number of hydrazine groups is 1. The first-order chi connectivity index (χ1) is 10.4. The van der Waals surface area contributed by atoms with Crippen molar-refractivity contribution in [2.45, 2.75) is 33.6 Å². The van der Waals surface area contributed by atoms with E-state index in [2.05, 4.69) is 67.2 Å². The number of carbonyl (C=O) groups is 1. The highest BCUT2D eigenvalue weighted by Gasteiger charge is 2.37. The van der Waals surface area contributed by atoms with Crippen molar-refractivity contribution in [1.82, 2.24) is 10.9 Å². The van der Waals surface area contributed by atoms with E-state index in [1.165, 1.54) is 16.3 Å². The normalized spacial score (nSPS) is 18.8. The van der Waals surface area contributed by atoms with Crippen molar-refractivity contribution in [3.63, 3.8) is 0 Å². The Labute approximate surface area is 131 Å². The molecule has 3 heteroatoms. The maximum atomic E-state index is 11.9. The molecule has 1 aliphatic heterocycles. The van der Waals surface area contributed by atoms with E-state index >= 15 is 0 Å². The summed E-state index contributed by atoms with van der Waals surface area (Å²) in [7, 11) is 0. The van der Waals surface area contributed by atoms with Crippen molar-refractivity contribution >= 4 is 22.8 Å². The zero-order chi connectivity index (χ0) is 15.9. The van der Waals surface area contributed by atoms with Gasteiger partial charge in [-0.05, 0) is 47.7 Å². The van der Waals surface area contributed by atoms with Crippen LogP contribution in [0.4, 0.5) is 0 Å². The number of rotatable bonds is 2. The van der Waals surface area contributed by atoms with Gasteiger partial charge >= 0.3 is 0 Å². The highest BCUT2D eigenvalue weighted by Crippen LogP contribution is 2.32. The van der Waals surface area contributed by atoms with Gasteiger partial charge in [-0.2, -0.15) is 0 Å². The second-order valence-electron chi connectivity index (χ2n) is 6.75. The van der Waals surface area contributed by atoms with E-state index < -0.39 is 5.41 Å². The molecule has 0 aromatic heterocycles. The Hall–Kier alpha value is -2.29. The molecule has 1 heterocycles. The number of nitrogens with one attached hydrogen (secondary N) is 2. The summed E-state index contributed by atoms with van der Waals surface area (Å²) in [4.78, 5) is 11.9. The minimum absolute atomic E-state index is 0.00284. The van der Waals surface area contributed by atoms with Crippen LogP contribution in [0, 0.1) is 5.41 Å². The predicted octanol–water partition coefficient (Wildman–Crippen LogP) is 3.96. The van der Waals surface area contributed by atoms with E-state index in [9.17, 15) is 4.79 Å². The molecule has 22 heavy (non-hydrogen) atoms. The molecule has 0 radical (unpaired) electrons. The Balaban J connectivity index is 2.20. The monoisotopic (exact) mass is 294 g/mol. The molecule has 2 aromatic rings. The average Bonchev–Trinajstić information content (AvgIpc) is 2.73. The third-order valence-electron chi connectivity index (χ3n) is 4.43. The maximum Gasteiger partial charge on any atom is 0.249 e. The van der Waals surface area contributed by atoms with Crippen molar-refractivity contribution in [1.29, 1.82) is 0 Å². The third kappa shape index (κ3) is 2.37. The van der Waals surface area contributed by atoms with Gasteiger partial charge in [0.25, 0.3) is 0 Å². The molecule has 3 nitrogen and oxygen atoms in total. The number of benzene rings is 2.